The molecule has 1 N–H and O–H groups in total. The Morgan fingerprint density at radius 3 is 2.04 bits per heavy atom. The van der Waals surface area contributed by atoms with E-state index < -0.39 is 28.5 Å². The van der Waals surface area contributed by atoms with Gasteiger partial charge < -0.3 is 10.2 Å². The van der Waals surface area contributed by atoms with E-state index in [1.54, 1.807) is 7.05 Å². The number of hydrogen-bond acceptors (Lipinski definition) is 4. The van der Waals surface area contributed by atoms with Crippen molar-refractivity contribution in [1.29, 1.82) is 0 Å². The van der Waals surface area contributed by atoms with Gasteiger partial charge in [0.05, 0.1) is 11.9 Å². The molecule has 9 heteroatoms. The van der Waals surface area contributed by atoms with Crippen molar-refractivity contribution < 1.29 is 18.0 Å². The Labute approximate surface area is 275 Å². The summed E-state index contributed by atoms with van der Waals surface area (Å²) >= 11 is 3.51. The predicted molar refractivity (Wildman–Crippen MR) is 181 cm³/mol. The lowest BCUT2D eigenvalue weighted by Gasteiger charge is -2.57. The number of sulfonamides is 1. The Kier molecular flexibility index (Phi) is 9.12. The molecule has 7 nitrogen and oxygen atoms in total. The second-order valence-corrected chi connectivity index (χ2v) is 16.3. The highest BCUT2D eigenvalue weighted by molar-refractivity contribution is 9.10. The third-order valence-corrected chi connectivity index (χ3v) is 11.9. The lowest BCUT2D eigenvalue weighted by atomic mass is 9.48. The first kappa shape index (κ1) is 31.8. The molecule has 0 spiro atoms. The number of amides is 2. The summed E-state index contributed by atoms with van der Waals surface area (Å²) in [5.41, 5.74) is 3.67. The molecular weight excluding hydrogens is 650 g/mol. The Morgan fingerprint density at radius 2 is 1.49 bits per heavy atom. The van der Waals surface area contributed by atoms with Crippen LogP contribution in [0.3, 0.4) is 0 Å². The highest BCUT2D eigenvalue weighted by Crippen LogP contribution is 2.60. The van der Waals surface area contributed by atoms with Gasteiger partial charge >= 0.3 is 0 Å². The zero-order chi connectivity index (χ0) is 31.8. The zero-order valence-electron chi connectivity index (χ0n) is 26.0. The van der Waals surface area contributed by atoms with Gasteiger partial charge in [0.2, 0.25) is 21.8 Å². The van der Waals surface area contributed by atoms with E-state index in [0.29, 0.717) is 12.1 Å². The summed E-state index contributed by atoms with van der Waals surface area (Å²) in [5, 5.41) is 2.72. The van der Waals surface area contributed by atoms with Gasteiger partial charge in [-0.15, -0.1) is 0 Å². The fraction of sp³-hybridized carbons (Fsp3) is 0.444. The maximum Gasteiger partial charge on any atom is 0.244 e. The van der Waals surface area contributed by atoms with Crippen molar-refractivity contribution in [2.45, 2.75) is 62.9 Å². The molecule has 45 heavy (non-hydrogen) atoms. The Morgan fingerprint density at radius 1 is 0.889 bits per heavy atom. The van der Waals surface area contributed by atoms with Crippen molar-refractivity contribution in [3.8, 4) is 0 Å². The number of nitrogens with zero attached hydrogens (tertiary/aromatic N) is 2. The molecule has 0 unspecified atom stereocenters. The molecule has 4 saturated carbocycles. The lowest BCUT2D eigenvalue weighted by Crippen LogP contribution is -2.52. The number of benzene rings is 3. The molecule has 1 atom stereocenters. The van der Waals surface area contributed by atoms with Gasteiger partial charge in [0.15, 0.2) is 0 Å². The average molecular weight is 693 g/mol. The summed E-state index contributed by atoms with van der Waals surface area (Å²) in [6, 6.07) is 24.2. The molecule has 3 aromatic rings. The van der Waals surface area contributed by atoms with Gasteiger partial charge in [-0.1, -0.05) is 70.5 Å². The van der Waals surface area contributed by atoms with Gasteiger partial charge in [-0.3, -0.25) is 13.9 Å². The van der Waals surface area contributed by atoms with Crippen LogP contribution >= 0.6 is 15.9 Å². The number of nitrogens with one attached hydrogen (secondary N) is 1. The minimum Gasteiger partial charge on any atom is -0.357 e. The molecule has 0 aliphatic heterocycles. The van der Waals surface area contributed by atoms with Crippen LogP contribution < -0.4 is 9.62 Å². The lowest BCUT2D eigenvalue weighted by molar-refractivity contribution is -0.139. The van der Waals surface area contributed by atoms with E-state index >= 15 is 0 Å². The summed E-state index contributed by atoms with van der Waals surface area (Å²) in [6.45, 7) is -0.266. The number of halogens is 1. The molecule has 0 saturated heterocycles. The Bertz CT molecular complexity index is 1610. The van der Waals surface area contributed by atoms with Crippen LogP contribution in [0.2, 0.25) is 0 Å². The maximum atomic E-state index is 14.2. The van der Waals surface area contributed by atoms with Crippen LogP contribution in [0.15, 0.2) is 83.3 Å². The van der Waals surface area contributed by atoms with Gasteiger partial charge in [0.25, 0.3) is 0 Å². The van der Waals surface area contributed by atoms with Crippen molar-refractivity contribution in [3.63, 3.8) is 0 Å². The van der Waals surface area contributed by atoms with Crippen molar-refractivity contribution >= 4 is 43.5 Å². The van der Waals surface area contributed by atoms with Crippen molar-refractivity contribution in [1.82, 2.24) is 10.2 Å². The molecule has 0 radical (unpaired) electrons. The molecular formula is C36H42BrN3O4S. The molecule has 0 heterocycles. The van der Waals surface area contributed by atoms with Gasteiger partial charge in [-0.05, 0) is 103 Å². The highest BCUT2D eigenvalue weighted by Gasteiger charge is 2.51. The minimum atomic E-state index is -3.82. The van der Waals surface area contributed by atoms with E-state index in [-0.39, 0.29) is 17.9 Å². The van der Waals surface area contributed by atoms with Gasteiger partial charge in [0.1, 0.15) is 12.6 Å². The number of hydrogen-bond donors (Lipinski definition) is 1. The van der Waals surface area contributed by atoms with Crippen LogP contribution in [-0.2, 0) is 38.0 Å². The van der Waals surface area contributed by atoms with Gasteiger partial charge in [-0.2, -0.15) is 0 Å². The number of carbonyl (C=O) groups excluding carboxylic acids is 2. The number of anilines is 1. The monoisotopic (exact) mass is 691 g/mol. The summed E-state index contributed by atoms with van der Waals surface area (Å²) in [4.78, 5) is 29.1. The van der Waals surface area contributed by atoms with Gasteiger partial charge in [-0.25, -0.2) is 8.42 Å². The first-order valence-corrected chi connectivity index (χ1v) is 18.5. The van der Waals surface area contributed by atoms with Crippen LogP contribution in [0.5, 0.6) is 0 Å². The summed E-state index contributed by atoms with van der Waals surface area (Å²) in [7, 11) is -2.26. The van der Waals surface area contributed by atoms with Crippen LogP contribution in [0, 0.1) is 17.8 Å². The molecule has 4 aliphatic carbocycles. The van der Waals surface area contributed by atoms with Crippen LogP contribution in [-0.4, -0.2) is 51.0 Å². The maximum absolute atomic E-state index is 14.2. The van der Waals surface area contributed by atoms with E-state index in [9.17, 15) is 18.0 Å². The first-order valence-electron chi connectivity index (χ1n) is 15.9. The van der Waals surface area contributed by atoms with Crippen LogP contribution in [0.1, 0.15) is 55.2 Å². The zero-order valence-corrected chi connectivity index (χ0v) is 28.4. The smallest absolute Gasteiger partial charge is 0.244 e. The van der Waals surface area contributed by atoms with Gasteiger partial charge in [0, 0.05) is 24.5 Å². The highest BCUT2D eigenvalue weighted by atomic mass is 79.9. The topological polar surface area (TPSA) is 86.8 Å². The first-order chi connectivity index (χ1) is 21.5. The number of likely N-dealkylation sites (N-methyl/N-ethyl adjacent to an activating group) is 1. The third-order valence-electron chi connectivity index (χ3n) is 10.2. The molecule has 4 aliphatic rings. The Balaban J connectivity index is 1.29. The second kappa shape index (κ2) is 12.9. The van der Waals surface area contributed by atoms with E-state index in [0.717, 1.165) is 39.6 Å². The Hall–Kier alpha value is -3.17. The van der Waals surface area contributed by atoms with Crippen molar-refractivity contribution in [2.24, 2.45) is 17.8 Å². The van der Waals surface area contributed by atoms with E-state index in [2.05, 4.69) is 33.4 Å². The molecule has 0 aromatic heterocycles. The van der Waals surface area contributed by atoms with Crippen molar-refractivity contribution in [3.05, 3.63) is 100 Å². The predicted octanol–water partition coefficient (Wildman–Crippen LogP) is 6.07. The second-order valence-electron chi connectivity index (χ2n) is 13.5. The van der Waals surface area contributed by atoms with E-state index in [4.69, 9.17) is 0 Å². The third kappa shape index (κ3) is 6.99. The SMILES string of the molecule is CNC(=O)[C@@H](Cc1ccccc1)N(Cc1cccc(Br)c1)C(=O)CN(c1ccc(C23CC4CC(CC(C4)C2)C3)cc1)S(C)(=O)=O. The quantitative estimate of drug-likeness (QED) is 0.265. The standard InChI is InChI=1S/C36H42BrN3O4S/c1-38-35(42)33(19-25-7-4-3-5-8-25)39(23-26-9-6-10-31(37)18-26)34(41)24-40(45(2,43)44)32-13-11-30(12-14-32)36-20-27-15-28(21-36)17-29(16-27)22-36/h3-14,18,27-29,33H,15-17,19-24H2,1-2H3,(H,38,42)/t27?,28?,29?,33-,36?/m1/s1. The molecule has 3 aromatic carbocycles. The number of carbonyl (C=O) groups is 2. The van der Waals surface area contributed by atoms with Crippen LogP contribution in [0.25, 0.3) is 0 Å². The summed E-state index contributed by atoms with van der Waals surface area (Å²) in [5.74, 6) is 1.66. The minimum absolute atomic E-state index is 0.145. The summed E-state index contributed by atoms with van der Waals surface area (Å²) < 4.78 is 28.5. The van der Waals surface area contributed by atoms with Crippen LogP contribution in [0.4, 0.5) is 5.69 Å². The molecule has 7 rings (SSSR count). The van der Waals surface area contributed by atoms with E-state index in [1.807, 2.05) is 66.7 Å². The fourth-order valence-electron chi connectivity index (χ4n) is 8.61. The van der Waals surface area contributed by atoms with Crippen molar-refractivity contribution in [2.75, 3.05) is 24.2 Å². The fourth-order valence-corrected chi connectivity index (χ4v) is 9.91. The molecule has 4 fully saturated rings. The number of rotatable bonds is 11. The normalized spacial score (nSPS) is 24.2. The van der Waals surface area contributed by atoms with E-state index in [1.165, 1.54) is 53.3 Å². The molecule has 2 amide bonds. The molecule has 238 valence electrons. The molecule has 4 bridgehead atoms. The average Bonchev–Trinajstić information content (AvgIpc) is 3.00. The summed E-state index contributed by atoms with van der Waals surface area (Å²) in [6.07, 6.45) is 9.17. The largest absolute Gasteiger partial charge is 0.357 e.